The molecular formula is C19H15N3O4. The van der Waals surface area contributed by atoms with E-state index < -0.39 is 11.9 Å². The van der Waals surface area contributed by atoms with E-state index in [1.165, 1.54) is 41.1 Å². The van der Waals surface area contributed by atoms with Gasteiger partial charge in [-0.25, -0.2) is 9.48 Å². The molecule has 0 saturated carbocycles. The number of carbonyl (C=O) groups excluding carboxylic acids is 1. The van der Waals surface area contributed by atoms with Crippen molar-refractivity contribution in [2.45, 2.75) is 6.54 Å². The third kappa shape index (κ3) is 4.02. The normalized spacial score (nSPS) is 10.3. The maximum atomic E-state index is 12.3. The van der Waals surface area contributed by atoms with Crippen LogP contribution < -0.4 is 10.9 Å². The molecule has 0 aliphatic heterocycles. The number of aromatic carboxylic acids is 1. The molecule has 3 rings (SSSR count). The number of rotatable bonds is 5. The number of nitrogens with zero attached hydrogens (tertiary/aromatic N) is 2. The Hall–Kier alpha value is -3.74. The summed E-state index contributed by atoms with van der Waals surface area (Å²) in [5.41, 5.74) is 1.23. The summed E-state index contributed by atoms with van der Waals surface area (Å²) in [5.74, 6) is -1.53. The van der Waals surface area contributed by atoms with Gasteiger partial charge in [0.2, 0.25) is 0 Å². The van der Waals surface area contributed by atoms with E-state index in [0.29, 0.717) is 5.69 Å². The first-order valence-corrected chi connectivity index (χ1v) is 7.80. The lowest BCUT2D eigenvalue weighted by Crippen LogP contribution is -2.26. The fourth-order valence-corrected chi connectivity index (χ4v) is 2.33. The number of amides is 1. The second-order valence-corrected chi connectivity index (χ2v) is 5.54. The van der Waals surface area contributed by atoms with Crippen molar-refractivity contribution in [1.82, 2.24) is 9.78 Å². The van der Waals surface area contributed by atoms with Crippen molar-refractivity contribution < 1.29 is 14.7 Å². The Bertz CT molecular complexity index is 995. The molecule has 0 radical (unpaired) electrons. The Balaban J connectivity index is 1.78. The van der Waals surface area contributed by atoms with Crippen molar-refractivity contribution in [2.24, 2.45) is 0 Å². The molecule has 1 amide bonds. The van der Waals surface area contributed by atoms with E-state index in [1.807, 2.05) is 30.3 Å². The molecule has 0 atom stereocenters. The van der Waals surface area contributed by atoms with E-state index in [2.05, 4.69) is 10.4 Å². The molecule has 0 unspecified atom stereocenters. The number of anilines is 1. The second-order valence-electron chi connectivity index (χ2n) is 5.54. The molecule has 26 heavy (non-hydrogen) atoms. The van der Waals surface area contributed by atoms with Gasteiger partial charge in [-0.2, -0.15) is 5.10 Å². The van der Waals surface area contributed by atoms with Crippen LogP contribution in [0.25, 0.3) is 0 Å². The van der Waals surface area contributed by atoms with Crippen molar-refractivity contribution in [1.29, 1.82) is 0 Å². The summed E-state index contributed by atoms with van der Waals surface area (Å²) in [4.78, 5) is 35.2. The minimum atomic E-state index is -1.04. The molecule has 2 N–H and O–H groups in total. The molecule has 0 fully saturated rings. The first-order chi connectivity index (χ1) is 12.5. The highest BCUT2D eigenvalue weighted by Crippen LogP contribution is 2.11. The van der Waals surface area contributed by atoms with Crippen molar-refractivity contribution in [3.05, 3.63) is 93.9 Å². The predicted molar refractivity (Wildman–Crippen MR) is 95.4 cm³/mol. The summed E-state index contributed by atoms with van der Waals surface area (Å²) >= 11 is 0. The first kappa shape index (κ1) is 17.1. The van der Waals surface area contributed by atoms with Crippen LogP contribution in [0.1, 0.15) is 26.4 Å². The van der Waals surface area contributed by atoms with E-state index in [4.69, 9.17) is 5.11 Å². The lowest BCUT2D eigenvalue weighted by Gasteiger charge is -2.08. The molecule has 0 aliphatic rings. The smallest absolute Gasteiger partial charge is 0.335 e. The zero-order valence-electron chi connectivity index (χ0n) is 13.6. The van der Waals surface area contributed by atoms with Gasteiger partial charge in [-0.05, 0) is 35.9 Å². The van der Waals surface area contributed by atoms with Gasteiger partial charge in [0.1, 0.15) is 5.69 Å². The number of hydrogen-bond acceptors (Lipinski definition) is 4. The summed E-state index contributed by atoms with van der Waals surface area (Å²) in [6.45, 7) is 0.258. The third-order valence-corrected chi connectivity index (χ3v) is 3.66. The zero-order chi connectivity index (χ0) is 18.5. The number of nitrogens with one attached hydrogen (secondary N) is 1. The molecule has 7 nitrogen and oxygen atoms in total. The number of carbonyl (C=O) groups is 2. The highest BCUT2D eigenvalue weighted by atomic mass is 16.4. The van der Waals surface area contributed by atoms with E-state index in [9.17, 15) is 14.4 Å². The summed E-state index contributed by atoms with van der Waals surface area (Å²) < 4.78 is 1.22. The van der Waals surface area contributed by atoms with Gasteiger partial charge in [0, 0.05) is 11.8 Å². The average molecular weight is 349 g/mol. The summed E-state index contributed by atoms with van der Waals surface area (Å²) in [6.07, 6.45) is 0. The summed E-state index contributed by atoms with van der Waals surface area (Å²) in [5, 5.41) is 15.6. The van der Waals surface area contributed by atoms with Gasteiger partial charge in [0.05, 0.1) is 12.1 Å². The minimum Gasteiger partial charge on any atom is -0.478 e. The van der Waals surface area contributed by atoms with Gasteiger partial charge in [-0.3, -0.25) is 9.59 Å². The molecule has 1 aromatic heterocycles. The van der Waals surface area contributed by atoms with Crippen molar-refractivity contribution in [3.63, 3.8) is 0 Å². The monoisotopic (exact) mass is 349 g/mol. The Morgan fingerprint density at radius 2 is 1.65 bits per heavy atom. The molecule has 0 spiro atoms. The van der Waals surface area contributed by atoms with E-state index in [-0.39, 0.29) is 23.4 Å². The van der Waals surface area contributed by atoms with Crippen LogP contribution in [0.4, 0.5) is 5.69 Å². The minimum absolute atomic E-state index is 0.0860. The average Bonchev–Trinajstić information content (AvgIpc) is 2.65. The standard InChI is InChI=1S/C19H15N3O4/c23-17-11-10-16(21-22(17)12-13-4-2-1-3-5-13)18(24)20-15-8-6-14(7-9-15)19(25)26/h1-11H,12H2,(H,20,24)(H,25,26). The van der Waals surface area contributed by atoms with Gasteiger partial charge in [0.25, 0.3) is 11.5 Å². The molecule has 1 heterocycles. The van der Waals surface area contributed by atoms with Gasteiger partial charge < -0.3 is 10.4 Å². The maximum absolute atomic E-state index is 12.3. The summed E-state index contributed by atoms with van der Waals surface area (Å²) in [6, 6.07) is 17.7. The third-order valence-electron chi connectivity index (χ3n) is 3.66. The Morgan fingerprint density at radius 1 is 0.962 bits per heavy atom. The Labute approximate surface area is 148 Å². The second kappa shape index (κ2) is 7.43. The fraction of sp³-hybridized carbons (Fsp3) is 0.0526. The number of benzene rings is 2. The molecule has 0 saturated heterocycles. The van der Waals surface area contributed by atoms with Gasteiger partial charge in [-0.15, -0.1) is 0 Å². The topological polar surface area (TPSA) is 101 Å². The highest BCUT2D eigenvalue weighted by molar-refractivity contribution is 6.02. The van der Waals surface area contributed by atoms with Crippen molar-refractivity contribution >= 4 is 17.6 Å². The Kier molecular flexibility index (Phi) is 4.89. The molecule has 0 aliphatic carbocycles. The van der Waals surface area contributed by atoms with Crippen LogP contribution >= 0.6 is 0 Å². The molecule has 0 bridgehead atoms. The molecule has 7 heteroatoms. The van der Waals surface area contributed by atoms with E-state index >= 15 is 0 Å². The quantitative estimate of drug-likeness (QED) is 0.736. The van der Waals surface area contributed by atoms with Crippen molar-refractivity contribution in [3.8, 4) is 0 Å². The number of carboxylic acids is 1. The lowest BCUT2D eigenvalue weighted by molar-refractivity contribution is 0.0696. The number of aromatic nitrogens is 2. The van der Waals surface area contributed by atoms with E-state index in [0.717, 1.165) is 5.56 Å². The highest BCUT2D eigenvalue weighted by Gasteiger charge is 2.11. The van der Waals surface area contributed by atoms with Crippen LogP contribution in [0.15, 0.2) is 71.5 Å². The molecule has 2 aromatic carbocycles. The van der Waals surface area contributed by atoms with Gasteiger partial charge in [0.15, 0.2) is 0 Å². The molecule has 130 valence electrons. The Morgan fingerprint density at radius 3 is 2.31 bits per heavy atom. The largest absolute Gasteiger partial charge is 0.478 e. The maximum Gasteiger partial charge on any atom is 0.335 e. The van der Waals surface area contributed by atoms with Crippen LogP contribution in [0.2, 0.25) is 0 Å². The van der Waals surface area contributed by atoms with E-state index in [1.54, 1.807) is 0 Å². The van der Waals surface area contributed by atoms with Crippen LogP contribution in [0, 0.1) is 0 Å². The van der Waals surface area contributed by atoms with Crippen LogP contribution in [-0.4, -0.2) is 26.8 Å². The SMILES string of the molecule is O=C(O)c1ccc(NC(=O)c2ccc(=O)n(Cc3ccccc3)n2)cc1. The molecular weight excluding hydrogens is 334 g/mol. The van der Waals surface area contributed by atoms with Crippen molar-refractivity contribution in [2.75, 3.05) is 5.32 Å². The number of hydrogen-bond donors (Lipinski definition) is 2. The first-order valence-electron chi connectivity index (χ1n) is 7.80. The predicted octanol–water partition coefficient (Wildman–Crippen LogP) is 2.24. The fourth-order valence-electron chi connectivity index (χ4n) is 2.33. The number of carboxylic acid groups (broad SMARTS) is 1. The molecule has 3 aromatic rings. The lowest BCUT2D eigenvalue weighted by atomic mass is 10.2. The van der Waals surface area contributed by atoms with Crippen LogP contribution in [0.3, 0.4) is 0 Å². The zero-order valence-corrected chi connectivity index (χ0v) is 13.6. The van der Waals surface area contributed by atoms with Crippen LogP contribution in [-0.2, 0) is 6.54 Å². The van der Waals surface area contributed by atoms with Gasteiger partial charge in [-0.1, -0.05) is 30.3 Å². The summed E-state index contributed by atoms with van der Waals surface area (Å²) in [7, 11) is 0. The van der Waals surface area contributed by atoms with Gasteiger partial charge >= 0.3 is 5.97 Å². The van der Waals surface area contributed by atoms with Crippen LogP contribution in [0.5, 0.6) is 0 Å².